The first-order valence-electron chi connectivity index (χ1n) is 13.1. The highest BCUT2D eigenvalue weighted by Crippen LogP contribution is 2.25. The van der Waals surface area contributed by atoms with Gasteiger partial charge in [-0.2, -0.15) is 4.98 Å². The van der Waals surface area contributed by atoms with Gasteiger partial charge in [0.15, 0.2) is 12.4 Å². The topological polar surface area (TPSA) is 107 Å². The summed E-state index contributed by atoms with van der Waals surface area (Å²) in [5, 5.41) is 15.5. The molecule has 0 spiro atoms. The van der Waals surface area contributed by atoms with E-state index in [0.717, 1.165) is 5.56 Å². The molecule has 0 bridgehead atoms. The van der Waals surface area contributed by atoms with Crippen LogP contribution in [0, 0.1) is 5.82 Å². The number of aliphatic hydroxyl groups is 1. The van der Waals surface area contributed by atoms with E-state index in [4.69, 9.17) is 19.1 Å². The number of carbonyl (C=O) groups is 1. The first-order valence-corrected chi connectivity index (χ1v) is 13.1. The van der Waals surface area contributed by atoms with Crippen molar-refractivity contribution >= 4 is 11.9 Å². The van der Waals surface area contributed by atoms with Crippen molar-refractivity contribution < 1.29 is 28.3 Å². The molecule has 1 heterocycles. The smallest absolute Gasteiger partial charge is 0.229 e. The average molecular weight is 554 g/mol. The molecule has 1 atom stereocenters. The maximum absolute atomic E-state index is 13.9. The summed E-state index contributed by atoms with van der Waals surface area (Å²) in [6.07, 6.45) is 2.23. The van der Waals surface area contributed by atoms with Crippen molar-refractivity contribution in [3.05, 3.63) is 83.9 Å². The van der Waals surface area contributed by atoms with Gasteiger partial charge in [-0.1, -0.05) is 38.6 Å². The lowest BCUT2D eigenvalue weighted by Crippen LogP contribution is -2.39. The van der Waals surface area contributed by atoms with Gasteiger partial charge in [0.05, 0.1) is 18.4 Å². The number of benzene rings is 2. The van der Waals surface area contributed by atoms with E-state index < -0.39 is 5.82 Å². The Labute approximate surface area is 235 Å². The monoisotopic (exact) mass is 553 g/mol. The van der Waals surface area contributed by atoms with E-state index in [-0.39, 0.29) is 29.7 Å². The van der Waals surface area contributed by atoms with Gasteiger partial charge >= 0.3 is 0 Å². The number of carbonyl (C=O) groups excluding carboxylic acids is 1. The van der Waals surface area contributed by atoms with Gasteiger partial charge in [-0.05, 0) is 81.8 Å². The van der Waals surface area contributed by atoms with Crippen LogP contribution in [0.1, 0.15) is 75.7 Å². The Morgan fingerprint density at radius 1 is 1.23 bits per heavy atom. The summed E-state index contributed by atoms with van der Waals surface area (Å²) in [5.74, 6) is 1.78. The number of likely N-dealkylation sites (N-methyl/N-ethyl adjacent to an activating group) is 1. The number of rotatable bonds is 12. The molecule has 1 unspecified atom stereocenters. The first-order chi connectivity index (χ1) is 18.9. The van der Waals surface area contributed by atoms with E-state index in [1.165, 1.54) is 18.4 Å². The number of hydrogen-bond acceptors (Lipinski definition) is 8. The molecule has 1 aromatic heterocycles. The number of aromatic nitrogens is 2. The molecule has 0 aliphatic heterocycles. The molecule has 8 nitrogen and oxygen atoms in total. The van der Waals surface area contributed by atoms with Crippen molar-refractivity contribution in [2.75, 3.05) is 13.7 Å². The molecule has 40 heavy (non-hydrogen) atoms. The van der Waals surface area contributed by atoms with Crippen LogP contribution in [0.15, 0.2) is 65.6 Å². The van der Waals surface area contributed by atoms with Crippen LogP contribution in [0.3, 0.4) is 0 Å². The van der Waals surface area contributed by atoms with E-state index >= 15 is 0 Å². The third-order valence-corrected chi connectivity index (χ3v) is 6.10. The molecule has 216 valence electrons. The first kappa shape index (κ1) is 32.4. The zero-order valence-electron chi connectivity index (χ0n) is 24.3. The Kier molecular flexibility index (Phi) is 12.2. The highest BCUT2D eigenvalue weighted by Gasteiger charge is 2.16. The molecular weight excluding hydrogens is 513 g/mol. The highest BCUT2D eigenvalue weighted by atomic mass is 19.1. The fraction of sp³-hybridized carbons (Fsp3) is 0.387. The number of nitrogens with one attached hydrogen (secondary N) is 1. The third kappa shape index (κ3) is 9.43. The van der Waals surface area contributed by atoms with Crippen molar-refractivity contribution in [3.63, 3.8) is 0 Å². The van der Waals surface area contributed by atoms with Gasteiger partial charge < -0.3 is 24.4 Å². The number of aldehydes is 1. The highest BCUT2D eigenvalue weighted by molar-refractivity contribution is 5.76. The normalized spacial score (nSPS) is 12.4. The molecule has 0 saturated carbocycles. The molecule has 2 aromatic carbocycles. The number of aliphatic hydroxyl groups excluding tert-OH is 1. The van der Waals surface area contributed by atoms with Crippen LogP contribution in [-0.4, -0.2) is 46.8 Å². The number of nitrogens with zero attached hydrogens (tertiary/aromatic N) is 2. The second-order valence-corrected chi connectivity index (χ2v) is 10.2. The summed E-state index contributed by atoms with van der Waals surface area (Å²) in [5.41, 5.74) is 2.03. The van der Waals surface area contributed by atoms with Crippen LogP contribution in [0.4, 0.5) is 4.39 Å². The van der Waals surface area contributed by atoms with E-state index in [2.05, 4.69) is 22.0 Å². The molecule has 0 aliphatic rings. The summed E-state index contributed by atoms with van der Waals surface area (Å²) in [4.78, 5) is 15.2. The Hall–Kier alpha value is -3.82. The van der Waals surface area contributed by atoms with E-state index in [1.807, 2.05) is 65.9 Å². The summed E-state index contributed by atoms with van der Waals surface area (Å²) in [7, 11) is 1.83. The molecule has 9 heteroatoms. The maximum Gasteiger partial charge on any atom is 0.229 e. The molecular formula is C31H40FN3O5. The van der Waals surface area contributed by atoms with E-state index in [9.17, 15) is 9.18 Å². The van der Waals surface area contributed by atoms with Crippen LogP contribution in [0.2, 0.25) is 0 Å². The van der Waals surface area contributed by atoms with Crippen LogP contribution >= 0.6 is 0 Å². The second-order valence-electron chi connectivity index (χ2n) is 10.2. The van der Waals surface area contributed by atoms with Gasteiger partial charge in [-0.3, -0.25) is 4.79 Å². The van der Waals surface area contributed by atoms with Gasteiger partial charge in [0.25, 0.3) is 0 Å². The van der Waals surface area contributed by atoms with Crippen molar-refractivity contribution in [2.45, 2.75) is 65.5 Å². The van der Waals surface area contributed by atoms with Crippen molar-refractivity contribution in [1.82, 2.24) is 15.5 Å². The fourth-order valence-electron chi connectivity index (χ4n) is 3.07. The minimum absolute atomic E-state index is 0.0158. The second kappa shape index (κ2) is 15.1. The summed E-state index contributed by atoms with van der Waals surface area (Å²) >= 11 is 0. The molecule has 0 radical (unpaired) electrons. The Bertz CT molecular complexity index is 1280. The molecule has 0 fully saturated rings. The predicted molar refractivity (Wildman–Crippen MR) is 154 cm³/mol. The lowest BCUT2D eigenvalue weighted by Gasteiger charge is -2.19. The molecule has 0 aliphatic carbocycles. The number of halogens is 1. The van der Waals surface area contributed by atoms with Gasteiger partial charge in [0, 0.05) is 17.0 Å². The van der Waals surface area contributed by atoms with Crippen LogP contribution in [-0.2, 0) is 4.74 Å². The summed E-state index contributed by atoms with van der Waals surface area (Å²) in [6.45, 7) is 15.8. The largest absolute Gasteiger partial charge is 0.483 e. The molecule has 2 N–H and O–H groups in total. The Balaban J connectivity index is 0.000000708. The Morgan fingerprint density at radius 3 is 2.38 bits per heavy atom. The molecule has 0 saturated heterocycles. The van der Waals surface area contributed by atoms with Gasteiger partial charge in [0.1, 0.15) is 17.3 Å². The zero-order valence-corrected chi connectivity index (χ0v) is 24.3. The quantitative estimate of drug-likeness (QED) is 0.192. The fourth-order valence-corrected chi connectivity index (χ4v) is 3.07. The summed E-state index contributed by atoms with van der Waals surface area (Å²) < 4.78 is 30.8. The standard InChI is InChI=1S/C26H27FN2O4.C5H13NO/c1-6-24(18(5)31-15-17(4)20-7-8-21(14-30)23(27)13-20)32-22-11-9-19(10-12-22)25-28-26(16(2)3)33-29-25;1-5(2,4-7)6-3/h7-16,24H,5-6H2,1-4H3;6-7H,4H2,1-3H3/b17-15+;. The SMILES string of the molecule is C=C(O/C=C(\C)c1ccc(C=O)c(F)c1)C(CC)Oc1ccc(-c2noc(C(C)C)n2)cc1.CNC(C)(C)CO. The average Bonchev–Trinajstić information content (AvgIpc) is 3.46. The van der Waals surface area contributed by atoms with Gasteiger partial charge in [0.2, 0.25) is 11.7 Å². The van der Waals surface area contributed by atoms with Crippen LogP contribution < -0.4 is 10.1 Å². The minimum Gasteiger partial charge on any atom is -0.483 e. The van der Waals surface area contributed by atoms with E-state index in [1.54, 1.807) is 13.0 Å². The van der Waals surface area contributed by atoms with Crippen LogP contribution in [0.25, 0.3) is 17.0 Å². The molecule has 3 rings (SSSR count). The molecule has 0 amide bonds. The number of ether oxygens (including phenoxy) is 2. The summed E-state index contributed by atoms with van der Waals surface area (Å²) in [6, 6.07) is 11.8. The lowest BCUT2D eigenvalue weighted by molar-refractivity contribution is 0.112. The minimum atomic E-state index is -0.575. The molecule has 3 aromatic rings. The van der Waals surface area contributed by atoms with Gasteiger partial charge in [-0.25, -0.2) is 4.39 Å². The van der Waals surface area contributed by atoms with Crippen molar-refractivity contribution in [3.8, 4) is 17.1 Å². The van der Waals surface area contributed by atoms with Crippen molar-refractivity contribution in [1.29, 1.82) is 0 Å². The zero-order chi connectivity index (χ0) is 29.9. The number of hydrogen-bond donors (Lipinski definition) is 2. The number of allylic oxidation sites excluding steroid dienone is 1. The predicted octanol–water partition coefficient (Wildman–Crippen LogP) is 6.54. The maximum atomic E-state index is 13.9. The lowest BCUT2D eigenvalue weighted by atomic mass is 10.1. The van der Waals surface area contributed by atoms with Gasteiger partial charge in [-0.15, -0.1) is 0 Å². The van der Waals surface area contributed by atoms with Crippen molar-refractivity contribution in [2.24, 2.45) is 0 Å². The van der Waals surface area contributed by atoms with Crippen LogP contribution in [0.5, 0.6) is 5.75 Å². The third-order valence-electron chi connectivity index (χ3n) is 6.10. The Morgan fingerprint density at radius 2 is 1.90 bits per heavy atom. The van der Waals surface area contributed by atoms with E-state index in [0.29, 0.717) is 47.1 Å².